The standard InChI is InChI=1S/C13H14F3N5/c14-13(15,16)8-21-4-2-18-12(21)7-20-3-1-10-5-17-9-19-11(10)6-20/h2,4-5,9H,1,3,6-8H2. The van der Waals surface area contributed by atoms with Gasteiger partial charge in [0, 0.05) is 31.7 Å². The molecule has 0 fully saturated rings. The third kappa shape index (κ3) is 3.38. The highest BCUT2D eigenvalue weighted by Crippen LogP contribution is 2.20. The van der Waals surface area contributed by atoms with E-state index in [-0.39, 0.29) is 0 Å². The fraction of sp³-hybridized carbons (Fsp3) is 0.462. The van der Waals surface area contributed by atoms with Gasteiger partial charge < -0.3 is 4.57 Å². The van der Waals surface area contributed by atoms with Gasteiger partial charge in [0.1, 0.15) is 18.7 Å². The number of alkyl halides is 3. The van der Waals surface area contributed by atoms with Crippen LogP contribution in [0.1, 0.15) is 17.1 Å². The lowest BCUT2D eigenvalue weighted by atomic mass is 10.1. The Balaban J connectivity index is 1.70. The molecule has 0 aromatic carbocycles. The Labute approximate surface area is 119 Å². The van der Waals surface area contributed by atoms with Gasteiger partial charge in [-0.1, -0.05) is 0 Å². The summed E-state index contributed by atoms with van der Waals surface area (Å²) in [5.41, 5.74) is 2.04. The first-order valence-electron chi connectivity index (χ1n) is 6.58. The summed E-state index contributed by atoms with van der Waals surface area (Å²) in [6.45, 7) is 0.747. The lowest BCUT2D eigenvalue weighted by molar-refractivity contribution is -0.141. The summed E-state index contributed by atoms with van der Waals surface area (Å²) in [5, 5.41) is 0. The van der Waals surface area contributed by atoms with Crippen molar-refractivity contribution in [3.63, 3.8) is 0 Å². The summed E-state index contributed by atoms with van der Waals surface area (Å²) in [5.74, 6) is 0.421. The first-order chi connectivity index (χ1) is 10.0. The van der Waals surface area contributed by atoms with Crippen LogP contribution in [-0.2, 0) is 26.1 Å². The van der Waals surface area contributed by atoms with Gasteiger partial charge in [-0.15, -0.1) is 0 Å². The maximum atomic E-state index is 12.5. The molecule has 1 aliphatic heterocycles. The molecule has 0 unspecified atom stereocenters. The summed E-state index contributed by atoms with van der Waals surface area (Å²) in [4.78, 5) is 14.3. The Kier molecular flexibility index (Phi) is 3.62. The molecule has 2 aromatic heterocycles. The molecule has 8 heteroatoms. The van der Waals surface area contributed by atoms with Crippen molar-refractivity contribution in [2.45, 2.75) is 32.2 Å². The molecule has 0 saturated carbocycles. The van der Waals surface area contributed by atoms with E-state index in [0.29, 0.717) is 18.9 Å². The van der Waals surface area contributed by atoms with Crippen LogP contribution < -0.4 is 0 Å². The van der Waals surface area contributed by atoms with Gasteiger partial charge in [-0.25, -0.2) is 15.0 Å². The van der Waals surface area contributed by atoms with E-state index in [4.69, 9.17) is 0 Å². The van der Waals surface area contributed by atoms with Gasteiger partial charge >= 0.3 is 6.18 Å². The average Bonchev–Trinajstić information content (AvgIpc) is 2.84. The maximum absolute atomic E-state index is 12.5. The summed E-state index contributed by atoms with van der Waals surface area (Å²) in [6.07, 6.45) is 2.62. The van der Waals surface area contributed by atoms with E-state index < -0.39 is 12.7 Å². The smallest absolute Gasteiger partial charge is 0.325 e. The second-order valence-electron chi connectivity index (χ2n) is 5.04. The predicted octanol–water partition coefficient (Wildman–Crippen LogP) is 1.79. The molecule has 0 amide bonds. The number of imidazole rings is 1. The van der Waals surface area contributed by atoms with E-state index in [2.05, 4.69) is 15.0 Å². The number of aromatic nitrogens is 4. The second-order valence-corrected chi connectivity index (χ2v) is 5.04. The largest absolute Gasteiger partial charge is 0.406 e. The molecule has 0 atom stereocenters. The van der Waals surface area contributed by atoms with E-state index in [0.717, 1.165) is 28.8 Å². The number of nitrogens with zero attached hydrogens (tertiary/aromatic N) is 5. The summed E-state index contributed by atoms with van der Waals surface area (Å²) >= 11 is 0. The first kappa shape index (κ1) is 14.0. The Bertz CT molecular complexity index is 622. The molecule has 21 heavy (non-hydrogen) atoms. The third-order valence-corrected chi connectivity index (χ3v) is 3.47. The van der Waals surface area contributed by atoms with Gasteiger partial charge in [-0.05, 0) is 12.0 Å². The zero-order valence-electron chi connectivity index (χ0n) is 11.2. The van der Waals surface area contributed by atoms with E-state index in [1.807, 2.05) is 4.90 Å². The van der Waals surface area contributed by atoms with Gasteiger partial charge in [-0.2, -0.15) is 13.2 Å². The lowest BCUT2D eigenvalue weighted by Gasteiger charge is -2.27. The minimum Gasteiger partial charge on any atom is -0.325 e. The lowest BCUT2D eigenvalue weighted by Crippen LogP contribution is -2.32. The van der Waals surface area contributed by atoms with E-state index in [1.54, 1.807) is 6.20 Å². The van der Waals surface area contributed by atoms with Crippen molar-refractivity contribution in [1.29, 1.82) is 0 Å². The highest BCUT2D eigenvalue weighted by atomic mass is 19.4. The molecule has 0 spiro atoms. The van der Waals surface area contributed by atoms with Crippen molar-refractivity contribution in [3.05, 3.63) is 42.0 Å². The molecule has 112 valence electrons. The zero-order chi connectivity index (χ0) is 14.9. The molecule has 3 rings (SSSR count). The average molecular weight is 297 g/mol. The Morgan fingerprint density at radius 1 is 1.24 bits per heavy atom. The van der Waals surface area contributed by atoms with Crippen LogP contribution in [0.15, 0.2) is 24.9 Å². The molecule has 1 aliphatic rings. The van der Waals surface area contributed by atoms with Gasteiger partial charge in [0.15, 0.2) is 0 Å². The molecule has 0 bridgehead atoms. The quantitative estimate of drug-likeness (QED) is 0.866. The summed E-state index contributed by atoms with van der Waals surface area (Å²) in [6, 6.07) is 0. The maximum Gasteiger partial charge on any atom is 0.406 e. The van der Waals surface area contributed by atoms with Crippen LogP contribution in [0.3, 0.4) is 0 Å². The predicted molar refractivity (Wildman–Crippen MR) is 68.1 cm³/mol. The molecule has 2 aromatic rings. The van der Waals surface area contributed by atoms with E-state index >= 15 is 0 Å². The zero-order valence-corrected chi connectivity index (χ0v) is 11.2. The number of hydrogen-bond donors (Lipinski definition) is 0. The Morgan fingerprint density at radius 3 is 2.90 bits per heavy atom. The van der Waals surface area contributed by atoms with Crippen molar-refractivity contribution >= 4 is 0 Å². The molecule has 0 saturated heterocycles. The van der Waals surface area contributed by atoms with Crippen molar-refractivity contribution in [1.82, 2.24) is 24.4 Å². The molecular formula is C13H14F3N5. The Hall–Kier alpha value is -1.96. The van der Waals surface area contributed by atoms with Crippen molar-refractivity contribution in [3.8, 4) is 0 Å². The van der Waals surface area contributed by atoms with Crippen LogP contribution in [0.5, 0.6) is 0 Å². The molecule has 5 nitrogen and oxygen atoms in total. The van der Waals surface area contributed by atoms with Crippen LogP contribution in [-0.4, -0.2) is 37.1 Å². The van der Waals surface area contributed by atoms with Crippen LogP contribution >= 0.6 is 0 Å². The second kappa shape index (κ2) is 5.44. The van der Waals surface area contributed by atoms with Crippen LogP contribution in [0.2, 0.25) is 0 Å². The van der Waals surface area contributed by atoms with Crippen LogP contribution in [0.4, 0.5) is 13.2 Å². The van der Waals surface area contributed by atoms with Gasteiger partial charge in [0.05, 0.1) is 12.2 Å². The number of halogens is 3. The molecule has 0 radical (unpaired) electrons. The number of fused-ring (bicyclic) bond motifs is 1. The fourth-order valence-corrected chi connectivity index (χ4v) is 2.47. The van der Waals surface area contributed by atoms with Gasteiger partial charge in [0.2, 0.25) is 0 Å². The number of hydrogen-bond acceptors (Lipinski definition) is 4. The topological polar surface area (TPSA) is 46.8 Å². The summed E-state index contributed by atoms with van der Waals surface area (Å²) in [7, 11) is 0. The first-order valence-corrected chi connectivity index (χ1v) is 6.58. The molecular weight excluding hydrogens is 283 g/mol. The third-order valence-electron chi connectivity index (χ3n) is 3.47. The molecule has 0 aliphatic carbocycles. The van der Waals surface area contributed by atoms with Gasteiger partial charge in [0.25, 0.3) is 0 Å². The van der Waals surface area contributed by atoms with E-state index in [1.165, 1.54) is 18.7 Å². The molecule has 0 N–H and O–H groups in total. The van der Waals surface area contributed by atoms with Crippen molar-refractivity contribution in [2.24, 2.45) is 0 Å². The van der Waals surface area contributed by atoms with E-state index in [9.17, 15) is 13.2 Å². The minimum atomic E-state index is -4.24. The van der Waals surface area contributed by atoms with Crippen molar-refractivity contribution < 1.29 is 13.2 Å². The number of rotatable bonds is 3. The highest BCUT2D eigenvalue weighted by Gasteiger charge is 2.29. The normalized spacial score (nSPS) is 16.0. The fourth-order valence-electron chi connectivity index (χ4n) is 2.47. The highest BCUT2D eigenvalue weighted by molar-refractivity contribution is 5.18. The minimum absolute atomic E-state index is 0.381. The molecule has 3 heterocycles. The van der Waals surface area contributed by atoms with Gasteiger partial charge in [-0.3, -0.25) is 4.90 Å². The summed E-state index contributed by atoms with van der Waals surface area (Å²) < 4.78 is 38.6. The van der Waals surface area contributed by atoms with Crippen molar-refractivity contribution in [2.75, 3.05) is 6.54 Å². The van der Waals surface area contributed by atoms with Crippen LogP contribution in [0, 0.1) is 0 Å². The van der Waals surface area contributed by atoms with Crippen LogP contribution in [0.25, 0.3) is 0 Å². The monoisotopic (exact) mass is 297 g/mol. The SMILES string of the molecule is FC(F)(F)Cn1ccnc1CN1CCc2cncnc2C1. The Morgan fingerprint density at radius 2 is 2.10 bits per heavy atom.